The van der Waals surface area contributed by atoms with Crippen molar-refractivity contribution in [2.45, 2.75) is 12.5 Å². The number of ether oxygens (including phenoxy) is 1. The zero-order valence-corrected chi connectivity index (χ0v) is 7.33. The number of carbonyl (C=O) groups excluding carboxylic acids is 1. The fourth-order valence-corrected chi connectivity index (χ4v) is 0.562. The Kier molecular flexibility index (Phi) is 4.80. The predicted octanol–water partition coefficient (Wildman–Crippen LogP) is -1.51. The van der Waals surface area contributed by atoms with Crippen LogP contribution in [0.2, 0.25) is 0 Å². The van der Waals surface area contributed by atoms with Crippen LogP contribution >= 0.6 is 0 Å². The molecule has 0 amide bonds. The molecule has 0 aliphatic heterocycles. The Labute approximate surface area is 71.3 Å². The fourth-order valence-electron chi connectivity index (χ4n) is 0.562. The first-order valence-electron chi connectivity index (χ1n) is 3.62. The summed E-state index contributed by atoms with van der Waals surface area (Å²) in [5.74, 6) is -0.399. The van der Waals surface area contributed by atoms with E-state index in [0.717, 1.165) is 0 Å². The van der Waals surface area contributed by atoms with Gasteiger partial charge in [-0.1, -0.05) is 0 Å². The number of methoxy groups -OCH3 is 1. The third kappa shape index (κ3) is 5.06. The van der Waals surface area contributed by atoms with Crippen LogP contribution in [0.15, 0.2) is 0 Å². The Morgan fingerprint density at radius 3 is 2.67 bits per heavy atom. The number of hydrogen-bond acceptors (Lipinski definition) is 5. The van der Waals surface area contributed by atoms with Crippen molar-refractivity contribution in [2.24, 2.45) is 0 Å². The van der Waals surface area contributed by atoms with E-state index in [0.29, 0.717) is 0 Å². The highest BCUT2D eigenvalue weighted by Crippen LogP contribution is 1.97. The maximum atomic E-state index is 10.6. The number of carbonyl (C=O) groups is 1. The molecule has 5 nitrogen and oxygen atoms in total. The summed E-state index contributed by atoms with van der Waals surface area (Å²) in [4.78, 5) is 10.6. The summed E-state index contributed by atoms with van der Waals surface area (Å²) < 4.78 is 4.35. The molecule has 1 atom stereocenters. The molecule has 0 aliphatic rings. The van der Waals surface area contributed by atoms with E-state index in [1.165, 1.54) is 14.0 Å². The van der Waals surface area contributed by atoms with Crippen LogP contribution in [-0.4, -0.2) is 48.6 Å². The average molecular weight is 177 g/mol. The molecule has 0 fully saturated rings. The Hall–Kier alpha value is -0.650. The second kappa shape index (κ2) is 5.08. The van der Waals surface area contributed by atoms with Crippen LogP contribution in [0.1, 0.15) is 6.92 Å². The van der Waals surface area contributed by atoms with E-state index in [1.54, 1.807) is 0 Å². The van der Waals surface area contributed by atoms with Gasteiger partial charge < -0.3 is 20.3 Å². The minimum Gasteiger partial charge on any atom is -0.468 e. The summed E-state index contributed by atoms with van der Waals surface area (Å²) in [7, 11) is 1.29. The smallest absolute Gasteiger partial charge is 0.319 e. The lowest BCUT2D eigenvalue weighted by Crippen LogP contribution is -2.42. The number of nitrogens with one attached hydrogen (secondary N) is 1. The normalized spacial score (nSPS) is 15.3. The van der Waals surface area contributed by atoms with Crippen LogP contribution in [0.3, 0.4) is 0 Å². The molecule has 0 aromatic rings. The first-order chi connectivity index (χ1) is 5.52. The predicted molar refractivity (Wildman–Crippen MR) is 42.6 cm³/mol. The monoisotopic (exact) mass is 177 g/mol. The Balaban J connectivity index is 3.49. The summed E-state index contributed by atoms with van der Waals surface area (Å²) >= 11 is 0. The van der Waals surface area contributed by atoms with Crippen molar-refractivity contribution in [3.8, 4) is 0 Å². The maximum Gasteiger partial charge on any atom is 0.319 e. The molecule has 0 heterocycles. The van der Waals surface area contributed by atoms with Gasteiger partial charge in [0.05, 0.1) is 25.9 Å². The summed E-state index contributed by atoms with van der Waals surface area (Å²) in [5.41, 5.74) is -1.19. The van der Waals surface area contributed by atoms with Gasteiger partial charge in [-0.2, -0.15) is 0 Å². The van der Waals surface area contributed by atoms with Gasteiger partial charge in [-0.3, -0.25) is 4.79 Å². The lowest BCUT2D eigenvalue weighted by Gasteiger charge is -2.19. The molecular formula is C7H15NO4. The molecule has 12 heavy (non-hydrogen) atoms. The summed E-state index contributed by atoms with van der Waals surface area (Å²) in [5, 5.41) is 20.5. The zero-order chi connectivity index (χ0) is 9.61. The average Bonchev–Trinajstić information content (AvgIpc) is 2.04. The van der Waals surface area contributed by atoms with Crippen LogP contribution in [0.4, 0.5) is 0 Å². The fraction of sp³-hybridized carbons (Fsp3) is 0.857. The van der Waals surface area contributed by atoms with Crippen LogP contribution in [-0.2, 0) is 9.53 Å². The largest absolute Gasteiger partial charge is 0.468 e. The van der Waals surface area contributed by atoms with Crippen molar-refractivity contribution < 1.29 is 19.7 Å². The topological polar surface area (TPSA) is 78.8 Å². The van der Waals surface area contributed by atoms with E-state index >= 15 is 0 Å². The van der Waals surface area contributed by atoms with E-state index in [9.17, 15) is 9.90 Å². The lowest BCUT2D eigenvalue weighted by atomic mass is 10.1. The van der Waals surface area contributed by atoms with Crippen molar-refractivity contribution >= 4 is 5.97 Å². The van der Waals surface area contributed by atoms with Gasteiger partial charge in [0.1, 0.15) is 0 Å². The minimum atomic E-state index is -1.19. The molecule has 0 radical (unpaired) electrons. The molecule has 0 aliphatic carbocycles. The van der Waals surface area contributed by atoms with Crippen molar-refractivity contribution in [1.29, 1.82) is 0 Å². The number of aliphatic hydroxyl groups excluding tert-OH is 1. The van der Waals surface area contributed by atoms with E-state index in [1.807, 2.05) is 0 Å². The molecule has 72 valence electrons. The summed E-state index contributed by atoms with van der Waals surface area (Å²) in [6.45, 7) is 1.31. The van der Waals surface area contributed by atoms with Crippen molar-refractivity contribution in [2.75, 3.05) is 26.8 Å². The van der Waals surface area contributed by atoms with Crippen molar-refractivity contribution in [1.82, 2.24) is 5.32 Å². The highest BCUT2D eigenvalue weighted by atomic mass is 16.5. The molecule has 0 rings (SSSR count). The molecule has 1 unspecified atom stereocenters. The van der Waals surface area contributed by atoms with Crippen LogP contribution in [0.5, 0.6) is 0 Å². The number of aliphatic hydroxyl groups is 2. The van der Waals surface area contributed by atoms with Gasteiger partial charge >= 0.3 is 5.97 Å². The standard InChI is InChI=1S/C7H15NO4/c1-7(11,5-9)4-8-3-6(10)12-2/h8-9,11H,3-5H2,1-2H3. The van der Waals surface area contributed by atoms with Gasteiger partial charge in [-0.05, 0) is 6.92 Å². The van der Waals surface area contributed by atoms with Crippen LogP contribution < -0.4 is 5.32 Å². The third-order valence-corrected chi connectivity index (χ3v) is 1.34. The molecule has 0 spiro atoms. The highest BCUT2D eigenvalue weighted by molar-refractivity contribution is 5.71. The number of hydrogen-bond donors (Lipinski definition) is 3. The number of esters is 1. The molecule has 3 N–H and O–H groups in total. The van der Waals surface area contributed by atoms with E-state index in [4.69, 9.17) is 5.11 Å². The van der Waals surface area contributed by atoms with Crippen LogP contribution in [0, 0.1) is 0 Å². The quantitative estimate of drug-likeness (QED) is 0.445. The molecule has 0 saturated carbocycles. The van der Waals surface area contributed by atoms with Gasteiger partial charge in [-0.25, -0.2) is 0 Å². The highest BCUT2D eigenvalue weighted by Gasteiger charge is 2.18. The third-order valence-electron chi connectivity index (χ3n) is 1.34. The molecule has 0 aromatic heterocycles. The molecular weight excluding hydrogens is 162 g/mol. The minimum absolute atomic E-state index is 0.0344. The first kappa shape index (κ1) is 11.4. The van der Waals surface area contributed by atoms with Gasteiger partial charge in [0, 0.05) is 6.54 Å². The Morgan fingerprint density at radius 1 is 1.67 bits per heavy atom. The van der Waals surface area contributed by atoms with Crippen molar-refractivity contribution in [3.63, 3.8) is 0 Å². The number of rotatable bonds is 5. The van der Waals surface area contributed by atoms with Crippen molar-refractivity contribution in [3.05, 3.63) is 0 Å². The van der Waals surface area contributed by atoms with Gasteiger partial charge in [0.25, 0.3) is 0 Å². The Bertz CT molecular complexity index is 146. The second-order valence-electron chi connectivity index (χ2n) is 2.83. The summed E-state index contributed by atoms with van der Waals surface area (Å²) in [6.07, 6.45) is 0. The van der Waals surface area contributed by atoms with E-state index in [-0.39, 0.29) is 19.7 Å². The molecule has 5 heteroatoms. The maximum absolute atomic E-state index is 10.6. The van der Waals surface area contributed by atoms with Gasteiger partial charge in [-0.15, -0.1) is 0 Å². The van der Waals surface area contributed by atoms with E-state index in [2.05, 4.69) is 10.1 Å². The molecule has 0 bridgehead atoms. The summed E-state index contributed by atoms with van der Waals surface area (Å²) in [6, 6.07) is 0. The first-order valence-corrected chi connectivity index (χ1v) is 3.62. The molecule has 0 saturated heterocycles. The van der Waals surface area contributed by atoms with Crippen LogP contribution in [0.25, 0.3) is 0 Å². The SMILES string of the molecule is COC(=O)CNCC(C)(O)CO. The Morgan fingerprint density at radius 2 is 2.25 bits per heavy atom. The molecule has 0 aromatic carbocycles. The van der Waals surface area contributed by atoms with Gasteiger partial charge in [0.15, 0.2) is 0 Å². The second-order valence-corrected chi connectivity index (χ2v) is 2.83. The zero-order valence-electron chi connectivity index (χ0n) is 7.33. The van der Waals surface area contributed by atoms with Gasteiger partial charge in [0.2, 0.25) is 0 Å². The van der Waals surface area contributed by atoms with E-state index < -0.39 is 11.6 Å². The lowest BCUT2D eigenvalue weighted by molar-refractivity contribution is -0.139.